The van der Waals surface area contributed by atoms with E-state index < -0.39 is 26.0 Å². The monoisotopic (exact) mass is 274 g/mol. The summed E-state index contributed by atoms with van der Waals surface area (Å²) < 4.78 is 0. The van der Waals surface area contributed by atoms with Gasteiger partial charge in [-0.15, -0.1) is 0 Å². The van der Waals surface area contributed by atoms with Gasteiger partial charge in [-0.25, -0.2) is 0 Å². The van der Waals surface area contributed by atoms with Crippen LogP contribution in [0.4, 0.5) is 0 Å². The first-order valence-corrected chi connectivity index (χ1v) is 11.8. The predicted octanol–water partition coefficient (Wildman–Crippen LogP) is 4.45. The Morgan fingerprint density at radius 2 is 1.00 bits per heavy atom. The van der Waals surface area contributed by atoms with E-state index in [4.69, 9.17) is 0 Å². The zero-order valence-corrected chi connectivity index (χ0v) is 14.7. The van der Waals surface area contributed by atoms with Crippen LogP contribution >= 0.6 is 7.47 Å². The van der Waals surface area contributed by atoms with Crippen molar-refractivity contribution in [3.05, 3.63) is 0 Å². The van der Waals surface area contributed by atoms with Gasteiger partial charge in [0.1, 0.15) is 0 Å². The molecule has 0 saturated carbocycles. The molecule has 2 nitrogen and oxygen atoms in total. The molecule has 4 heteroatoms. The van der Waals surface area contributed by atoms with Crippen LogP contribution < -0.4 is 0 Å². The summed E-state index contributed by atoms with van der Waals surface area (Å²) in [6.07, 6.45) is 0. The van der Waals surface area contributed by atoms with Gasteiger partial charge in [0.25, 0.3) is 0 Å². The van der Waals surface area contributed by atoms with Crippen molar-refractivity contribution in [3.63, 3.8) is 0 Å². The van der Waals surface area contributed by atoms with Gasteiger partial charge in [-0.1, -0.05) is 61.2 Å². The van der Waals surface area contributed by atoms with Crippen molar-refractivity contribution in [2.45, 2.75) is 61.2 Å². The van der Waals surface area contributed by atoms with Gasteiger partial charge in [0.2, 0.25) is 0 Å². The number of hydrogen-bond acceptors (Lipinski definition) is 2. The lowest BCUT2D eigenvalue weighted by Crippen LogP contribution is -2.36. The van der Waals surface area contributed by atoms with E-state index in [1.807, 2.05) is 41.5 Å². The second-order valence-electron chi connectivity index (χ2n) is 7.62. The van der Waals surface area contributed by atoms with Crippen LogP contribution in [-0.2, 0) is 9.59 Å². The predicted molar refractivity (Wildman–Crippen MR) is 79.2 cm³/mol. The van der Waals surface area contributed by atoms with Gasteiger partial charge in [-0.3, -0.25) is 9.59 Å². The second-order valence-corrected chi connectivity index (χ2v) is 18.8. The maximum absolute atomic E-state index is 12.5. The summed E-state index contributed by atoms with van der Waals surface area (Å²) in [6, 6.07) is 0. The molecular formula is C13H27O2PSi. The fraction of sp³-hybridized carbons (Fsp3) is 0.846. The van der Waals surface area contributed by atoms with Crippen molar-refractivity contribution in [1.29, 1.82) is 0 Å². The van der Waals surface area contributed by atoms with Crippen LogP contribution in [0.1, 0.15) is 41.5 Å². The molecule has 0 amide bonds. The lowest BCUT2D eigenvalue weighted by molar-refractivity contribution is -0.120. The van der Waals surface area contributed by atoms with Crippen LogP contribution in [0.15, 0.2) is 0 Å². The lowest BCUT2D eigenvalue weighted by Gasteiger charge is -2.35. The van der Waals surface area contributed by atoms with E-state index in [1.165, 1.54) is 0 Å². The molecule has 17 heavy (non-hydrogen) atoms. The Bertz CT molecular complexity index is 290. The molecule has 0 N–H and O–H groups in total. The highest BCUT2D eigenvalue weighted by molar-refractivity contribution is 8.15. The minimum absolute atomic E-state index is 0.173. The first-order valence-electron chi connectivity index (χ1n) is 6.08. The third-order valence-corrected chi connectivity index (χ3v) is 11.1. The van der Waals surface area contributed by atoms with E-state index in [0.29, 0.717) is 0 Å². The maximum atomic E-state index is 12.5. The largest absolute Gasteiger partial charge is 0.294 e. The topological polar surface area (TPSA) is 34.1 Å². The number of hydrogen-bond donors (Lipinski definition) is 0. The molecule has 0 aromatic carbocycles. The normalized spacial score (nSPS) is 14.0. The lowest BCUT2D eigenvalue weighted by atomic mass is 9.99. The molecule has 0 fully saturated rings. The molecule has 0 atom stereocenters. The fourth-order valence-electron chi connectivity index (χ4n) is 1.37. The summed E-state index contributed by atoms with van der Waals surface area (Å²) in [5, 5.41) is 0. The Labute approximate surface area is 108 Å². The summed E-state index contributed by atoms with van der Waals surface area (Å²) in [4.78, 5) is 25.1. The Kier molecular flexibility index (Phi) is 4.93. The van der Waals surface area contributed by atoms with Crippen LogP contribution in [0.25, 0.3) is 0 Å². The van der Waals surface area contributed by atoms with E-state index in [2.05, 4.69) is 19.6 Å². The molecule has 0 aliphatic rings. The molecule has 0 aromatic rings. The van der Waals surface area contributed by atoms with E-state index in [1.54, 1.807) is 0 Å². The number of carbonyl (C=O) groups excluding carboxylic acids is 2. The molecule has 0 rings (SSSR count). The zero-order valence-electron chi connectivity index (χ0n) is 12.8. The molecule has 0 unspecified atom stereocenters. The summed E-state index contributed by atoms with van der Waals surface area (Å²) in [5.41, 5.74) is -0.474. The molecule has 0 saturated heterocycles. The minimum atomic E-state index is -1.77. The van der Waals surface area contributed by atoms with Crippen LogP contribution in [0, 0.1) is 10.8 Å². The van der Waals surface area contributed by atoms with Crippen molar-refractivity contribution >= 4 is 26.3 Å². The number of rotatable bonds is 3. The van der Waals surface area contributed by atoms with Crippen molar-refractivity contribution in [1.82, 2.24) is 0 Å². The van der Waals surface area contributed by atoms with Crippen LogP contribution in [-0.4, -0.2) is 18.8 Å². The van der Waals surface area contributed by atoms with Crippen molar-refractivity contribution in [2.24, 2.45) is 10.8 Å². The van der Waals surface area contributed by atoms with Gasteiger partial charge in [0, 0.05) is 18.3 Å². The first-order chi connectivity index (χ1) is 7.19. The highest BCUT2D eigenvalue weighted by atomic mass is 31.4. The zero-order chi connectivity index (χ0) is 14.2. The molecule has 0 aliphatic carbocycles. The van der Waals surface area contributed by atoms with E-state index in [0.717, 1.165) is 0 Å². The van der Waals surface area contributed by atoms with Gasteiger partial charge in [0.15, 0.2) is 11.0 Å². The smallest absolute Gasteiger partial charge is 0.163 e. The summed E-state index contributed by atoms with van der Waals surface area (Å²) in [6.45, 7) is 17.9. The Morgan fingerprint density at radius 1 is 0.765 bits per heavy atom. The first kappa shape index (κ1) is 17.0. The molecule has 100 valence electrons. The second kappa shape index (κ2) is 4.93. The Morgan fingerprint density at radius 3 is 1.12 bits per heavy atom. The van der Waals surface area contributed by atoms with Gasteiger partial charge < -0.3 is 0 Å². The SMILES string of the molecule is CC(C)(C)C(=O)P(C(=O)C(C)(C)C)[Si](C)(C)C. The van der Waals surface area contributed by atoms with Crippen molar-refractivity contribution < 1.29 is 9.59 Å². The van der Waals surface area contributed by atoms with Gasteiger partial charge >= 0.3 is 0 Å². The molecule has 0 aromatic heterocycles. The molecule has 0 heterocycles. The minimum Gasteiger partial charge on any atom is -0.294 e. The third kappa shape index (κ3) is 4.63. The molecule has 0 bridgehead atoms. The fourth-order valence-corrected chi connectivity index (χ4v) is 9.79. The molecule has 0 aliphatic heterocycles. The molecule has 0 spiro atoms. The average molecular weight is 274 g/mol. The Balaban J connectivity index is 5.50. The van der Waals surface area contributed by atoms with E-state index >= 15 is 0 Å². The van der Waals surface area contributed by atoms with Gasteiger partial charge in [0.05, 0.1) is 7.74 Å². The van der Waals surface area contributed by atoms with Gasteiger partial charge in [-0.05, 0) is 0 Å². The highest BCUT2D eigenvalue weighted by Crippen LogP contribution is 2.55. The third-order valence-electron chi connectivity index (χ3n) is 2.36. The maximum Gasteiger partial charge on any atom is 0.163 e. The van der Waals surface area contributed by atoms with Gasteiger partial charge in [-0.2, -0.15) is 0 Å². The van der Waals surface area contributed by atoms with Crippen molar-refractivity contribution in [3.8, 4) is 0 Å². The summed E-state index contributed by atoms with van der Waals surface area (Å²) in [5.74, 6) is 0. The average Bonchev–Trinajstić information content (AvgIpc) is 1.97. The van der Waals surface area contributed by atoms with Crippen LogP contribution in [0.2, 0.25) is 19.6 Å². The highest BCUT2D eigenvalue weighted by Gasteiger charge is 2.45. The quantitative estimate of drug-likeness (QED) is 0.563. The van der Waals surface area contributed by atoms with E-state index in [9.17, 15) is 9.59 Å². The van der Waals surface area contributed by atoms with E-state index in [-0.39, 0.29) is 11.0 Å². The number of carbonyl (C=O) groups is 2. The Hall–Kier alpha value is -0.0131. The summed E-state index contributed by atoms with van der Waals surface area (Å²) in [7, 11) is -2.91. The molecular weight excluding hydrogens is 247 g/mol. The summed E-state index contributed by atoms with van der Waals surface area (Å²) >= 11 is 0. The van der Waals surface area contributed by atoms with Crippen LogP contribution in [0.5, 0.6) is 0 Å². The van der Waals surface area contributed by atoms with Crippen LogP contribution in [0.3, 0.4) is 0 Å². The molecule has 0 radical (unpaired) electrons. The van der Waals surface area contributed by atoms with Crippen molar-refractivity contribution in [2.75, 3.05) is 0 Å². The standard InChI is InChI=1S/C13H27O2PSi/c1-12(2,3)10(14)16(17(7,8)9)11(15)13(4,5)6/h1-9H3.